The lowest BCUT2D eigenvalue weighted by Gasteiger charge is -2.43. The Balaban J connectivity index is 1.76. The summed E-state index contributed by atoms with van der Waals surface area (Å²) in [5.41, 5.74) is 0.453. The Hall–Kier alpha value is -5.03. The normalized spacial score (nSPS) is 21.3. The van der Waals surface area contributed by atoms with E-state index >= 15 is 0 Å². The summed E-state index contributed by atoms with van der Waals surface area (Å²) in [5, 5.41) is 0. The summed E-state index contributed by atoms with van der Waals surface area (Å²) in [4.78, 5) is 63.4. The van der Waals surface area contributed by atoms with Gasteiger partial charge in [0.05, 0.1) is 16.7 Å². The summed E-state index contributed by atoms with van der Waals surface area (Å²) in [5.74, 6) is -4.01. The molecule has 0 N–H and O–H groups in total. The molecule has 5 atom stereocenters. The Kier molecular flexibility index (Phi) is 10.0. The molecule has 0 bridgehead atoms. The molecule has 11 nitrogen and oxygen atoms in total. The van der Waals surface area contributed by atoms with Crippen LogP contribution in [0.15, 0.2) is 91.0 Å². The Morgan fingerprint density at radius 3 is 1.36 bits per heavy atom. The second-order valence-corrected chi connectivity index (χ2v) is 9.16. The Morgan fingerprint density at radius 2 is 0.952 bits per heavy atom. The molecule has 1 heterocycles. The first-order valence-corrected chi connectivity index (χ1v) is 13.0. The van der Waals surface area contributed by atoms with Gasteiger partial charge in [-0.05, 0) is 36.4 Å². The zero-order valence-corrected chi connectivity index (χ0v) is 22.7. The Morgan fingerprint density at radius 1 is 0.548 bits per heavy atom. The molecular weight excluding hydrogens is 548 g/mol. The molecule has 0 aromatic heterocycles. The van der Waals surface area contributed by atoms with Crippen LogP contribution < -0.4 is 0 Å². The molecule has 1 aliphatic heterocycles. The highest BCUT2D eigenvalue weighted by Crippen LogP contribution is 2.31. The molecule has 11 heteroatoms. The third-order valence-electron chi connectivity index (χ3n) is 6.08. The molecule has 0 aliphatic carbocycles. The number of hydrogen-bond acceptors (Lipinski definition) is 11. The number of esters is 5. The van der Waals surface area contributed by atoms with Crippen LogP contribution in [0.2, 0.25) is 0 Å². The fourth-order valence-electron chi connectivity index (χ4n) is 4.17. The molecule has 218 valence electrons. The third kappa shape index (κ3) is 7.79. The van der Waals surface area contributed by atoms with E-state index in [1.165, 1.54) is 36.4 Å². The van der Waals surface area contributed by atoms with Crippen LogP contribution in [0, 0.1) is 0 Å². The van der Waals surface area contributed by atoms with E-state index in [4.69, 9.17) is 28.4 Å². The van der Waals surface area contributed by atoms with Crippen molar-refractivity contribution in [1.29, 1.82) is 0 Å². The van der Waals surface area contributed by atoms with Crippen molar-refractivity contribution in [3.05, 3.63) is 108 Å². The summed E-state index contributed by atoms with van der Waals surface area (Å²) in [7, 11) is 0. The molecule has 0 radical (unpaired) electrons. The highest BCUT2D eigenvalue weighted by molar-refractivity contribution is 5.91. The van der Waals surface area contributed by atoms with Crippen LogP contribution in [0.25, 0.3) is 0 Å². The molecule has 42 heavy (non-hydrogen) atoms. The van der Waals surface area contributed by atoms with Crippen LogP contribution in [0.5, 0.6) is 0 Å². The van der Waals surface area contributed by atoms with Gasteiger partial charge in [0.15, 0.2) is 12.2 Å². The van der Waals surface area contributed by atoms with E-state index in [0.717, 1.165) is 13.8 Å². The molecule has 4 rings (SSSR count). The zero-order valence-electron chi connectivity index (χ0n) is 22.7. The number of carbonyl (C=O) groups is 5. The molecule has 0 spiro atoms. The number of rotatable bonds is 9. The highest BCUT2D eigenvalue weighted by Gasteiger charge is 2.54. The molecular formula is C31H28O11. The SMILES string of the molecule is CC(=O)OCC1O[C@H](OC(C)=O)C(OC(=O)c2ccccc2)[C@H](OC(=O)c2ccccc2)C1OC(=O)c1ccccc1. The van der Waals surface area contributed by atoms with E-state index < -0.39 is 67.2 Å². The van der Waals surface area contributed by atoms with Crippen molar-refractivity contribution in [1.82, 2.24) is 0 Å². The predicted molar refractivity (Wildman–Crippen MR) is 144 cm³/mol. The fraction of sp³-hybridized carbons (Fsp3) is 0.258. The molecule has 3 unspecified atom stereocenters. The van der Waals surface area contributed by atoms with Gasteiger partial charge in [0.25, 0.3) is 0 Å². The van der Waals surface area contributed by atoms with Crippen LogP contribution in [0.3, 0.4) is 0 Å². The number of hydrogen-bond donors (Lipinski definition) is 0. The van der Waals surface area contributed by atoms with Crippen molar-refractivity contribution in [2.75, 3.05) is 6.61 Å². The van der Waals surface area contributed by atoms with Gasteiger partial charge >= 0.3 is 29.8 Å². The summed E-state index contributed by atoms with van der Waals surface area (Å²) in [6.45, 7) is 1.79. The lowest BCUT2D eigenvalue weighted by atomic mass is 9.97. The maximum absolute atomic E-state index is 13.3. The monoisotopic (exact) mass is 576 g/mol. The summed E-state index contributed by atoms with van der Waals surface area (Å²) in [6, 6.07) is 23.8. The van der Waals surface area contributed by atoms with Gasteiger partial charge in [-0.25, -0.2) is 14.4 Å². The van der Waals surface area contributed by atoms with Crippen LogP contribution in [0.4, 0.5) is 0 Å². The topological polar surface area (TPSA) is 141 Å². The minimum absolute atomic E-state index is 0.144. The molecule has 1 saturated heterocycles. The Labute approximate surface area is 241 Å². The molecule has 1 fully saturated rings. The Bertz CT molecular complexity index is 1390. The predicted octanol–water partition coefficient (Wildman–Crippen LogP) is 3.51. The van der Waals surface area contributed by atoms with Crippen LogP contribution in [-0.4, -0.2) is 67.2 Å². The zero-order chi connectivity index (χ0) is 30.1. The maximum Gasteiger partial charge on any atom is 0.338 e. The number of ether oxygens (including phenoxy) is 6. The second-order valence-electron chi connectivity index (χ2n) is 9.16. The van der Waals surface area contributed by atoms with E-state index in [0.29, 0.717) is 0 Å². The van der Waals surface area contributed by atoms with Gasteiger partial charge in [0.1, 0.15) is 12.7 Å². The average molecular weight is 577 g/mol. The first-order valence-electron chi connectivity index (χ1n) is 13.0. The smallest absolute Gasteiger partial charge is 0.338 e. The van der Waals surface area contributed by atoms with E-state index in [-0.39, 0.29) is 16.7 Å². The van der Waals surface area contributed by atoms with E-state index in [2.05, 4.69) is 0 Å². The fourth-order valence-corrected chi connectivity index (χ4v) is 4.17. The van der Waals surface area contributed by atoms with Crippen LogP contribution in [-0.2, 0) is 38.0 Å². The van der Waals surface area contributed by atoms with E-state index in [1.807, 2.05) is 0 Å². The van der Waals surface area contributed by atoms with Gasteiger partial charge in [-0.3, -0.25) is 9.59 Å². The van der Waals surface area contributed by atoms with Crippen molar-refractivity contribution in [3.8, 4) is 0 Å². The van der Waals surface area contributed by atoms with Crippen molar-refractivity contribution < 1.29 is 52.4 Å². The minimum Gasteiger partial charge on any atom is -0.463 e. The quantitative estimate of drug-likeness (QED) is 0.273. The van der Waals surface area contributed by atoms with Gasteiger partial charge < -0.3 is 28.4 Å². The van der Waals surface area contributed by atoms with Crippen molar-refractivity contribution in [2.24, 2.45) is 0 Å². The lowest BCUT2D eigenvalue weighted by molar-refractivity contribution is -0.290. The number of carbonyl (C=O) groups excluding carboxylic acids is 5. The van der Waals surface area contributed by atoms with Crippen LogP contribution in [0.1, 0.15) is 44.9 Å². The summed E-state index contributed by atoms with van der Waals surface area (Å²) >= 11 is 0. The highest BCUT2D eigenvalue weighted by atomic mass is 16.7. The number of benzene rings is 3. The van der Waals surface area contributed by atoms with Gasteiger partial charge in [0, 0.05) is 13.8 Å². The largest absolute Gasteiger partial charge is 0.463 e. The summed E-state index contributed by atoms with van der Waals surface area (Å²) in [6.07, 6.45) is -7.58. The second kappa shape index (κ2) is 14.0. The van der Waals surface area contributed by atoms with Gasteiger partial charge in [-0.2, -0.15) is 0 Å². The third-order valence-corrected chi connectivity index (χ3v) is 6.08. The first-order chi connectivity index (χ1) is 20.2. The van der Waals surface area contributed by atoms with E-state index in [9.17, 15) is 24.0 Å². The average Bonchev–Trinajstić information content (AvgIpc) is 2.99. The summed E-state index contributed by atoms with van der Waals surface area (Å²) < 4.78 is 33.7. The van der Waals surface area contributed by atoms with Gasteiger partial charge in [0.2, 0.25) is 12.4 Å². The molecule has 0 amide bonds. The van der Waals surface area contributed by atoms with Crippen molar-refractivity contribution in [3.63, 3.8) is 0 Å². The first kappa shape index (κ1) is 29.9. The maximum atomic E-state index is 13.3. The van der Waals surface area contributed by atoms with Crippen molar-refractivity contribution >= 4 is 29.8 Å². The molecule has 1 aliphatic rings. The van der Waals surface area contributed by atoms with Crippen LogP contribution >= 0.6 is 0 Å². The molecule has 3 aromatic carbocycles. The minimum atomic E-state index is -1.63. The lowest BCUT2D eigenvalue weighted by Crippen LogP contribution is -2.63. The van der Waals surface area contributed by atoms with Gasteiger partial charge in [-0.1, -0.05) is 54.6 Å². The van der Waals surface area contributed by atoms with Gasteiger partial charge in [-0.15, -0.1) is 0 Å². The van der Waals surface area contributed by atoms with E-state index in [1.54, 1.807) is 54.6 Å². The molecule has 0 saturated carbocycles. The molecule has 3 aromatic rings. The standard InChI is InChI=1S/C31H28O11/c1-19(32)37-18-24-25(40-28(34)21-12-6-3-7-13-21)26(41-29(35)22-14-8-4-9-15-22)27(31(39-24)38-20(2)33)42-30(36)23-16-10-5-11-17-23/h3-17,24-27,31H,18H2,1-2H3/t24?,25?,26-,27?,31+/m1/s1. The van der Waals surface area contributed by atoms with Crippen molar-refractivity contribution in [2.45, 2.75) is 44.6 Å².